The Morgan fingerprint density at radius 1 is 1.03 bits per heavy atom. The predicted octanol–water partition coefficient (Wildman–Crippen LogP) is 4.68. The van der Waals surface area contributed by atoms with Gasteiger partial charge in [0, 0.05) is 16.5 Å². The Morgan fingerprint density at radius 2 is 1.72 bits per heavy atom. The molecule has 8 heteroatoms. The molecule has 0 aliphatic carbocycles. The third-order valence-electron chi connectivity index (χ3n) is 4.03. The van der Waals surface area contributed by atoms with Crippen molar-refractivity contribution in [2.45, 2.75) is 6.92 Å². The minimum absolute atomic E-state index is 0.514. The molecule has 1 heterocycles. The van der Waals surface area contributed by atoms with Crippen molar-refractivity contribution in [3.63, 3.8) is 0 Å². The highest BCUT2D eigenvalue weighted by Gasteiger charge is 2.13. The van der Waals surface area contributed by atoms with Crippen molar-refractivity contribution >= 4 is 22.7 Å². The second-order valence-electron chi connectivity index (χ2n) is 5.80. The molecule has 0 atom stereocenters. The van der Waals surface area contributed by atoms with Crippen molar-refractivity contribution < 1.29 is 18.9 Å². The maximum absolute atomic E-state index is 5.61. The number of para-hydroxylation sites is 1. The smallest absolute Gasteiger partial charge is 0.203 e. The van der Waals surface area contributed by atoms with Gasteiger partial charge in [0.2, 0.25) is 10.9 Å². The molecule has 0 radical (unpaired) electrons. The van der Waals surface area contributed by atoms with Gasteiger partial charge in [-0.15, -0.1) is 11.3 Å². The van der Waals surface area contributed by atoms with Gasteiger partial charge in [0.05, 0.1) is 39.8 Å². The summed E-state index contributed by atoms with van der Waals surface area (Å²) in [5, 5.41) is 6.91. The molecule has 0 spiro atoms. The highest BCUT2D eigenvalue weighted by atomic mass is 32.1. The van der Waals surface area contributed by atoms with Gasteiger partial charge in [-0.3, -0.25) is 5.43 Å². The number of ether oxygens (including phenoxy) is 4. The molecule has 29 heavy (non-hydrogen) atoms. The SMILES string of the molecule is CCOc1c(OC)cc(/C=N\Nc2nc(-c3ccccc3OC)cs2)cc1OC. The van der Waals surface area contributed by atoms with E-state index in [4.69, 9.17) is 18.9 Å². The number of methoxy groups -OCH3 is 3. The number of nitrogens with one attached hydrogen (secondary N) is 1. The lowest BCUT2D eigenvalue weighted by Crippen LogP contribution is -2.00. The summed E-state index contributed by atoms with van der Waals surface area (Å²) in [5.74, 6) is 2.52. The first-order valence-corrected chi connectivity index (χ1v) is 9.84. The summed E-state index contributed by atoms with van der Waals surface area (Å²) in [4.78, 5) is 4.57. The Kier molecular flexibility index (Phi) is 6.91. The van der Waals surface area contributed by atoms with Gasteiger partial charge in [-0.1, -0.05) is 12.1 Å². The van der Waals surface area contributed by atoms with Crippen molar-refractivity contribution in [3.8, 4) is 34.3 Å². The van der Waals surface area contributed by atoms with E-state index in [1.807, 2.05) is 48.7 Å². The van der Waals surface area contributed by atoms with Crippen molar-refractivity contribution in [1.29, 1.82) is 0 Å². The van der Waals surface area contributed by atoms with E-state index in [9.17, 15) is 0 Å². The first-order valence-electron chi connectivity index (χ1n) is 8.97. The van der Waals surface area contributed by atoms with Crippen LogP contribution in [0.4, 0.5) is 5.13 Å². The predicted molar refractivity (Wildman–Crippen MR) is 116 cm³/mol. The highest BCUT2D eigenvalue weighted by molar-refractivity contribution is 7.14. The molecule has 0 amide bonds. The van der Waals surface area contributed by atoms with Crippen LogP contribution in [0.2, 0.25) is 0 Å². The molecule has 0 aliphatic heterocycles. The number of anilines is 1. The number of hydrogen-bond acceptors (Lipinski definition) is 8. The number of thiazole rings is 1. The lowest BCUT2D eigenvalue weighted by atomic mass is 10.1. The van der Waals surface area contributed by atoms with Crippen LogP contribution in [0.3, 0.4) is 0 Å². The van der Waals surface area contributed by atoms with Gasteiger partial charge in [0.15, 0.2) is 11.5 Å². The summed E-state index contributed by atoms with van der Waals surface area (Å²) in [6.07, 6.45) is 1.67. The first-order chi connectivity index (χ1) is 14.2. The summed E-state index contributed by atoms with van der Waals surface area (Å²) < 4.78 is 21.8. The van der Waals surface area contributed by atoms with Gasteiger partial charge in [-0.05, 0) is 31.2 Å². The molecular formula is C21H23N3O4S. The van der Waals surface area contributed by atoms with Crippen LogP contribution in [0.25, 0.3) is 11.3 Å². The fourth-order valence-corrected chi connectivity index (χ4v) is 3.39. The Labute approximate surface area is 173 Å². The average Bonchev–Trinajstić information content (AvgIpc) is 3.23. The van der Waals surface area contributed by atoms with Crippen LogP contribution in [-0.4, -0.2) is 39.1 Å². The molecular weight excluding hydrogens is 390 g/mol. The monoisotopic (exact) mass is 413 g/mol. The average molecular weight is 413 g/mol. The number of nitrogens with zero attached hydrogens (tertiary/aromatic N) is 2. The number of aromatic nitrogens is 1. The van der Waals surface area contributed by atoms with Crippen molar-refractivity contribution in [2.24, 2.45) is 5.10 Å². The second-order valence-corrected chi connectivity index (χ2v) is 6.65. The molecule has 7 nitrogen and oxygen atoms in total. The normalized spacial score (nSPS) is 10.8. The Bertz CT molecular complexity index is 963. The summed E-state index contributed by atoms with van der Waals surface area (Å²) in [5.41, 5.74) is 5.52. The van der Waals surface area contributed by atoms with E-state index in [2.05, 4.69) is 15.5 Å². The second kappa shape index (κ2) is 9.79. The number of hydrazone groups is 1. The van der Waals surface area contributed by atoms with Gasteiger partial charge in [0.1, 0.15) is 5.75 Å². The van der Waals surface area contributed by atoms with E-state index in [1.165, 1.54) is 11.3 Å². The van der Waals surface area contributed by atoms with Crippen LogP contribution in [0.1, 0.15) is 12.5 Å². The minimum Gasteiger partial charge on any atom is -0.496 e. The molecule has 1 aromatic heterocycles. The molecule has 0 bridgehead atoms. The molecule has 1 N–H and O–H groups in total. The van der Waals surface area contributed by atoms with Gasteiger partial charge >= 0.3 is 0 Å². The zero-order chi connectivity index (χ0) is 20.6. The van der Waals surface area contributed by atoms with Crippen LogP contribution >= 0.6 is 11.3 Å². The minimum atomic E-state index is 0.514. The first kappa shape index (κ1) is 20.5. The van der Waals surface area contributed by atoms with Crippen LogP contribution in [0.15, 0.2) is 46.9 Å². The molecule has 2 aromatic carbocycles. The molecule has 0 aliphatic rings. The maximum atomic E-state index is 5.61. The molecule has 152 valence electrons. The van der Waals surface area contributed by atoms with Crippen LogP contribution in [0.5, 0.6) is 23.0 Å². The molecule has 0 saturated heterocycles. The van der Waals surface area contributed by atoms with E-state index in [0.717, 1.165) is 22.6 Å². The Balaban J connectivity index is 1.76. The quantitative estimate of drug-likeness (QED) is 0.406. The molecule has 3 rings (SSSR count). The van der Waals surface area contributed by atoms with Crippen molar-refractivity contribution in [2.75, 3.05) is 33.4 Å². The van der Waals surface area contributed by atoms with Crippen LogP contribution in [0, 0.1) is 0 Å². The third kappa shape index (κ3) is 4.78. The molecule has 0 unspecified atom stereocenters. The summed E-state index contributed by atoms with van der Waals surface area (Å²) in [7, 11) is 4.82. The van der Waals surface area contributed by atoms with Crippen LogP contribution < -0.4 is 24.4 Å². The van der Waals surface area contributed by atoms with E-state index >= 15 is 0 Å². The fraction of sp³-hybridized carbons (Fsp3) is 0.238. The van der Waals surface area contributed by atoms with Crippen molar-refractivity contribution in [3.05, 3.63) is 47.3 Å². The van der Waals surface area contributed by atoms with Gasteiger partial charge in [0.25, 0.3) is 0 Å². The van der Waals surface area contributed by atoms with Gasteiger partial charge < -0.3 is 18.9 Å². The van der Waals surface area contributed by atoms with Gasteiger partial charge in [-0.25, -0.2) is 4.98 Å². The summed E-state index contributed by atoms with van der Waals surface area (Å²) in [6.45, 7) is 2.42. The largest absolute Gasteiger partial charge is 0.496 e. The van der Waals surface area contributed by atoms with E-state index in [1.54, 1.807) is 27.5 Å². The lowest BCUT2D eigenvalue weighted by molar-refractivity contribution is 0.288. The number of hydrogen-bond donors (Lipinski definition) is 1. The van der Waals surface area contributed by atoms with E-state index in [-0.39, 0.29) is 0 Å². The summed E-state index contributed by atoms with van der Waals surface area (Å²) >= 11 is 1.46. The van der Waals surface area contributed by atoms with Crippen LogP contribution in [-0.2, 0) is 0 Å². The lowest BCUT2D eigenvalue weighted by Gasteiger charge is -2.14. The third-order valence-corrected chi connectivity index (χ3v) is 4.78. The topological polar surface area (TPSA) is 74.2 Å². The summed E-state index contributed by atoms with van der Waals surface area (Å²) in [6, 6.07) is 11.4. The molecule has 0 saturated carbocycles. The Morgan fingerprint density at radius 3 is 2.38 bits per heavy atom. The Hall–Kier alpha value is -3.26. The zero-order valence-corrected chi connectivity index (χ0v) is 17.6. The molecule has 3 aromatic rings. The highest BCUT2D eigenvalue weighted by Crippen LogP contribution is 2.38. The maximum Gasteiger partial charge on any atom is 0.203 e. The zero-order valence-electron chi connectivity index (χ0n) is 16.8. The standard InChI is InChI=1S/C21H23N3O4S/c1-5-28-20-18(26-3)10-14(11-19(20)27-4)12-22-24-21-23-16(13-29-21)15-8-6-7-9-17(15)25-2/h6-13H,5H2,1-4H3,(H,23,24)/b22-12-. The van der Waals surface area contributed by atoms with Crippen molar-refractivity contribution in [1.82, 2.24) is 4.98 Å². The van der Waals surface area contributed by atoms with E-state index in [0.29, 0.717) is 29.0 Å². The number of rotatable bonds is 9. The number of benzene rings is 2. The molecule has 0 fully saturated rings. The fourth-order valence-electron chi connectivity index (χ4n) is 2.73. The van der Waals surface area contributed by atoms with Gasteiger partial charge in [-0.2, -0.15) is 5.10 Å². The van der Waals surface area contributed by atoms with E-state index < -0.39 is 0 Å².